The highest BCUT2D eigenvalue weighted by atomic mass is 35.5. The molecule has 0 saturated carbocycles. The van der Waals surface area contributed by atoms with Gasteiger partial charge in [0.25, 0.3) is 5.91 Å². The van der Waals surface area contributed by atoms with E-state index in [0.29, 0.717) is 5.02 Å². The first-order chi connectivity index (χ1) is 12.9. The van der Waals surface area contributed by atoms with Crippen molar-refractivity contribution in [1.29, 1.82) is 0 Å². The molecule has 2 heterocycles. The molecule has 2 saturated heterocycles. The molecule has 4 rings (SSSR count). The Labute approximate surface area is 163 Å². The molecule has 0 spiro atoms. The molecule has 0 aliphatic carbocycles. The van der Waals surface area contributed by atoms with Gasteiger partial charge in [-0.3, -0.25) is 19.3 Å². The van der Waals surface area contributed by atoms with Gasteiger partial charge in [-0.25, -0.2) is 5.06 Å². The van der Waals surface area contributed by atoms with Crippen LogP contribution in [0.15, 0.2) is 48.5 Å². The van der Waals surface area contributed by atoms with Gasteiger partial charge in [-0.15, -0.1) is 0 Å². The number of anilines is 1. The first-order valence-corrected chi connectivity index (χ1v) is 9.41. The van der Waals surface area contributed by atoms with E-state index in [1.165, 1.54) is 4.90 Å². The molecule has 3 atom stereocenters. The van der Waals surface area contributed by atoms with Crippen LogP contribution in [0.4, 0.5) is 5.69 Å². The summed E-state index contributed by atoms with van der Waals surface area (Å²) in [7, 11) is 0. The molecule has 0 aromatic heterocycles. The lowest BCUT2D eigenvalue weighted by Gasteiger charge is -2.29. The third-order valence-corrected chi connectivity index (χ3v) is 5.42. The van der Waals surface area contributed by atoms with E-state index in [9.17, 15) is 9.59 Å². The molecule has 2 fully saturated rings. The summed E-state index contributed by atoms with van der Waals surface area (Å²) in [6, 6.07) is 14.6. The molecular weight excluding hydrogens is 364 g/mol. The number of fused-ring (bicyclic) bond motifs is 1. The predicted molar refractivity (Wildman–Crippen MR) is 103 cm³/mol. The largest absolute Gasteiger partial charge is 0.277 e. The van der Waals surface area contributed by atoms with Gasteiger partial charge < -0.3 is 0 Å². The van der Waals surface area contributed by atoms with Crippen LogP contribution in [0.3, 0.4) is 0 Å². The maximum Gasteiger partial charge on any atom is 0.262 e. The highest BCUT2D eigenvalue weighted by molar-refractivity contribution is 6.30. The average Bonchev–Trinajstić information content (AvgIpc) is 3.13. The van der Waals surface area contributed by atoms with Crippen molar-refractivity contribution in [3.8, 4) is 0 Å². The zero-order chi connectivity index (χ0) is 19.3. The third kappa shape index (κ3) is 2.91. The molecule has 2 amide bonds. The topological polar surface area (TPSA) is 49.9 Å². The zero-order valence-corrected chi connectivity index (χ0v) is 16.2. The molecule has 2 aromatic rings. The van der Waals surface area contributed by atoms with E-state index in [4.69, 9.17) is 16.4 Å². The summed E-state index contributed by atoms with van der Waals surface area (Å²) in [6.07, 6.45) is -0.804. The highest BCUT2D eigenvalue weighted by Gasteiger charge is 2.60. The molecule has 0 N–H and O–H groups in total. The number of benzene rings is 2. The standard InChI is InChI=1S/C21H21ClN2O3/c1-12(2)23-20(25)17-18(14-6-4-13(3)5-7-14)24(27-19(17)21(23)26)16-10-8-15(22)9-11-16/h4-12,17-19H,1-3H3/t17-,18+,19+/m0/s1. The number of hydrogen-bond acceptors (Lipinski definition) is 4. The fraction of sp³-hybridized carbons (Fsp3) is 0.333. The van der Waals surface area contributed by atoms with E-state index in [-0.39, 0.29) is 23.9 Å². The van der Waals surface area contributed by atoms with Crippen LogP contribution in [0, 0.1) is 12.8 Å². The monoisotopic (exact) mass is 384 g/mol. The number of aryl methyl sites for hydroxylation is 1. The van der Waals surface area contributed by atoms with Gasteiger partial charge in [-0.05, 0) is 50.6 Å². The second-order valence-corrected chi connectivity index (χ2v) is 7.79. The highest BCUT2D eigenvalue weighted by Crippen LogP contribution is 2.47. The third-order valence-electron chi connectivity index (χ3n) is 5.17. The fourth-order valence-corrected chi connectivity index (χ4v) is 3.99. The smallest absolute Gasteiger partial charge is 0.262 e. The molecule has 5 nitrogen and oxygen atoms in total. The molecule has 0 radical (unpaired) electrons. The number of hydroxylamine groups is 1. The average molecular weight is 385 g/mol. The van der Waals surface area contributed by atoms with Crippen LogP contribution in [0.25, 0.3) is 0 Å². The summed E-state index contributed by atoms with van der Waals surface area (Å²) in [5.41, 5.74) is 2.83. The zero-order valence-electron chi connectivity index (χ0n) is 15.4. The number of halogens is 1. The minimum atomic E-state index is -0.804. The van der Waals surface area contributed by atoms with Gasteiger partial charge in [0.2, 0.25) is 5.91 Å². The van der Waals surface area contributed by atoms with Crippen molar-refractivity contribution in [3.63, 3.8) is 0 Å². The number of nitrogens with zero attached hydrogens (tertiary/aromatic N) is 2. The van der Waals surface area contributed by atoms with E-state index in [1.807, 2.05) is 57.2 Å². The summed E-state index contributed by atoms with van der Waals surface area (Å²) in [6.45, 7) is 5.70. The van der Waals surface area contributed by atoms with Crippen molar-refractivity contribution < 1.29 is 14.4 Å². The van der Waals surface area contributed by atoms with Crippen molar-refractivity contribution in [2.45, 2.75) is 39.0 Å². The Kier molecular flexibility index (Phi) is 4.44. The molecule has 140 valence electrons. The number of hydrogen-bond donors (Lipinski definition) is 0. The fourth-order valence-electron chi connectivity index (χ4n) is 3.86. The van der Waals surface area contributed by atoms with Gasteiger partial charge in [0.05, 0.1) is 11.7 Å². The van der Waals surface area contributed by atoms with Gasteiger partial charge in [0.15, 0.2) is 6.10 Å². The Bertz CT molecular complexity index is 879. The minimum absolute atomic E-state index is 0.179. The molecule has 2 aliphatic heterocycles. The number of imide groups is 1. The summed E-state index contributed by atoms with van der Waals surface area (Å²) < 4.78 is 0. The van der Waals surface area contributed by atoms with E-state index >= 15 is 0 Å². The van der Waals surface area contributed by atoms with Crippen LogP contribution >= 0.6 is 11.6 Å². The number of carbonyl (C=O) groups excluding carboxylic acids is 2. The number of rotatable bonds is 3. The predicted octanol–water partition coefficient (Wildman–Crippen LogP) is 3.90. The maximum atomic E-state index is 13.1. The van der Waals surface area contributed by atoms with Crippen molar-refractivity contribution in [1.82, 2.24) is 4.90 Å². The SMILES string of the molecule is Cc1ccc([C@@H]2[C@@H]3C(=O)N(C(C)C)C(=O)[C@@H]3ON2c2ccc(Cl)cc2)cc1. The van der Waals surface area contributed by atoms with Crippen LogP contribution < -0.4 is 5.06 Å². The van der Waals surface area contributed by atoms with Gasteiger partial charge >= 0.3 is 0 Å². The molecule has 2 aliphatic rings. The lowest BCUT2D eigenvalue weighted by atomic mass is 9.90. The van der Waals surface area contributed by atoms with Crippen LogP contribution in [0.2, 0.25) is 5.02 Å². The van der Waals surface area contributed by atoms with Crippen molar-refractivity contribution in [3.05, 3.63) is 64.7 Å². The molecule has 0 unspecified atom stereocenters. The normalized spacial score (nSPS) is 24.9. The molecule has 27 heavy (non-hydrogen) atoms. The second-order valence-electron chi connectivity index (χ2n) is 7.35. The van der Waals surface area contributed by atoms with Crippen LogP contribution in [-0.4, -0.2) is 28.9 Å². The van der Waals surface area contributed by atoms with Crippen molar-refractivity contribution >= 4 is 29.1 Å². The minimum Gasteiger partial charge on any atom is -0.277 e. The molecule has 0 bridgehead atoms. The van der Waals surface area contributed by atoms with Crippen LogP contribution in [0.1, 0.15) is 31.0 Å². The van der Waals surface area contributed by atoms with E-state index in [2.05, 4.69) is 0 Å². The van der Waals surface area contributed by atoms with E-state index < -0.39 is 12.0 Å². The molecule has 2 aromatic carbocycles. The van der Waals surface area contributed by atoms with Crippen LogP contribution in [-0.2, 0) is 14.4 Å². The summed E-state index contributed by atoms with van der Waals surface area (Å²) >= 11 is 6.01. The first kappa shape index (κ1) is 18.0. The van der Waals surface area contributed by atoms with Gasteiger partial charge in [0, 0.05) is 11.1 Å². The Morgan fingerprint density at radius 3 is 2.19 bits per heavy atom. The maximum absolute atomic E-state index is 13.1. The Morgan fingerprint density at radius 1 is 0.963 bits per heavy atom. The van der Waals surface area contributed by atoms with Crippen LogP contribution in [0.5, 0.6) is 0 Å². The van der Waals surface area contributed by atoms with Crippen molar-refractivity contribution in [2.24, 2.45) is 5.92 Å². The van der Waals surface area contributed by atoms with Gasteiger partial charge in [-0.1, -0.05) is 41.4 Å². The van der Waals surface area contributed by atoms with E-state index in [0.717, 1.165) is 16.8 Å². The summed E-state index contributed by atoms with van der Waals surface area (Å²) in [4.78, 5) is 33.3. The summed E-state index contributed by atoms with van der Waals surface area (Å²) in [5, 5.41) is 2.30. The Hall–Kier alpha value is -2.37. The second kappa shape index (κ2) is 6.66. The summed E-state index contributed by atoms with van der Waals surface area (Å²) in [5.74, 6) is -1.02. The lowest BCUT2D eigenvalue weighted by Crippen LogP contribution is -2.41. The van der Waals surface area contributed by atoms with Gasteiger partial charge in [-0.2, -0.15) is 0 Å². The molecular formula is C21H21ClN2O3. The molecule has 6 heteroatoms. The first-order valence-electron chi connectivity index (χ1n) is 9.03. The Balaban J connectivity index is 1.79. The van der Waals surface area contributed by atoms with E-state index in [1.54, 1.807) is 17.2 Å². The van der Waals surface area contributed by atoms with Gasteiger partial charge in [0.1, 0.15) is 5.92 Å². The quantitative estimate of drug-likeness (QED) is 0.753. The lowest BCUT2D eigenvalue weighted by molar-refractivity contribution is -0.145. The van der Waals surface area contributed by atoms with Crippen molar-refractivity contribution in [2.75, 3.05) is 5.06 Å². The number of carbonyl (C=O) groups is 2. The number of likely N-dealkylation sites (tertiary alicyclic amines) is 1. The Morgan fingerprint density at radius 2 is 1.59 bits per heavy atom. The number of amides is 2.